The third kappa shape index (κ3) is 3.33. The summed E-state index contributed by atoms with van der Waals surface area (Å²) in [4.78, 5) is 11.9. The van der Waals surface area contributed by atoms with Gasteiger partial charge in [0.1, 0.15) is 6.10 Å². The van der Waals surface area contributed by atoms with E-state index < -0.39 is 0 Å². The third-order valence-electron chi connectivity index (χ3n) is 4.79. The summed E-state index contributed by atoms with van der Waals surface area (Å²) < 4.78 is 5.59. The molecule has 0 aromatic heterocycles. The highest BCUT2D eigenvalue weighted by molar-refractivity contribution is 5.84. The summed E-state index contributed by atoms with van der Waals surface area (Å²) in [6, 6.07) is 9.49. The molecule has 2 saturated carbocycles. The van der Waals surface area contributed by atoms with Crippen LogP contribution in [0.4, 0.5) is 10.5 Å². The van der Waals surface area contributed by atoms with Gasteiger partial charge in [0, 0.05) is 5.69 Å². The maximum absolute atomic E-state index is 11.9. The fourth-order valence-electron chi connectivity index (χ4n) is 3.76. The molecule has 0 heterocycles. The van der Waals surface area contributed by atoms with Crippen molar-refractivity contribution in [2.75, 3.05) is 5.32 Å². The average molecular weight is 273 g/mol. The molecule has 3 nitrogen and oxygen atoms in total. The van der Waals surface area contributed by atoms with E-state index in [1.807, 2.05) is 30.3 Å². The van der Waals surface area contributed by atoms with Crippen molar-refractivity contribution in [3.8, 4) is 0 Å². The van der Waals surface area contributed by atoms with Crippen molar-refractivity contribution in [3.63, 3.8) is 0 Å². The van der Waals surface area contributed by atoms with E-state index in [1.54, 1.807) is 0 Å². The summed E-state index contributed by atoms with van der Waals surface area (Å²) >= 11 is 0. The van der Waals surface area contributed by atoms with Gasteiger partial charge in [-0.3, -0.25) is 5.32 Å². The highest BCUT2D eigenvalue weighted by Crippen LogP contribution is 2.41. The van der Waals surface area contributed by atoms with Gasteiger partial charge in [0.05, 0.1) is 0 Å². The Morgan fingerprint density at radius 2 is 1.75 bits per heavy atom. The second-order valence-electron chi connectivity index (χ2n) is 6.14. The number of carbonyl (C=O) groups is 1. The molecule has 0 unspecified atom stereocenters. The van der Waals surface area contributed by atoms with Crippen LogP contribution in [0.2, 0.25) is 0 Å². The number of ether oxygens (including phenoxy) is 1. The zero-order valence-electron chi connectivity index (χ0n) is 11.9. The first-order chi connectivity index (χ1) is 9.81. The van der Waals surface area contributed by atoms with Crippen molar-refractivity contribution in [1.29, 1.82) is 0 Å². The number of carbonyl (C=O) groups excluding carboxylic acids is 1. The lowest BCUT2D eigenvalue weighted by Gasteiger charge is -2.38. The van der Waals surface area contributed by atoms with Gasteiger partial charge in [0.2, 0.25) is 0 Å². The highest BCUT2D eigenvalue weighted by Gasteiger charge is 2.33. The second-order valence-corrected chi connectivity index (χ2v) is 6.14. The molecular formula is C17H23NO2. The van der Waals surface area contributed by atoms with Gasteiger partial charge in [-0.1, -0.05) is 43.9 Å². The van der Waals surface area contributed by atoms with E-state index in [0.717, 1.165) is 30.4 Å². The van der Waals surface area contributed by atoms with Crippen molar-refractivity contribution in [3.05, 3.63) is 30.3 Å². The molecule has 0 bridgehead atoms. The average Bonchev–Trinajstić information content (AvgIpc) is 2.48. The van der Waals surface area contributed by atoms with Crippen LogP contribution >= 0.6 is 0 Å². The van der Waals surface area contributed by atoms with Crippen LogP contribution in [0.25, 0.3) is 0 Å². The van der Waals surface area contributed by atoms with Crippen molar-refractivity contribution in [2.24, 2.45) is 11.8 Å². The second kappa shape index (κ2) is 6.29. The number of hydrogen-bond acceptors (Lipinski definition) is 2. The zero-order chi connectivity index (χ0) is 13.8. The quantitative estimate of drug-likeness (QED) is 0.855. The van der Waals surface area contributed by atoms with Crippen LogP contribution < -0.4 is 5.32 Å². The first kappa shape index (κ1) is 13.5. The summed E-state index contributed by atoms with van der Waals surface area (Å²) in [6.07, 6.45) is 8.57. The number of rotatable bonds is 2. The van der Waals surface area contributed by atoms with Gasteiger partial charge < -0.3 is 4.74 Å². The van der Waals surface area contributed by atoms with Crippen LogP contribution in [0.1, 0.15) is 44.9 Å². The molecule has 108 valence electrons. The highest BCUT2D eigenvalue weighted by atomic mass is 16.6. The molecule has 3 atom stereocenters. The van der Waals surface area contributed by atoms with Crippen LogP contribution in [0, 0.1) is 11.8 Å². The lowest BCUT2D eigenvalue weighted by molar-refractivity contribution is 0.0339. The topological polar surface area (TPSA) is 38.3 Å². The van der Waals surface area contributed by atoms with Crippen LogP contribution in [-0.2, 0) is 4.74 Å². The molecule has 3 heteroatoms. The van der Waals surface area contributed by atoms with Crippen LogP contribution in [-0.4, -0.2) is 12.2 Å². The molecule has 0 aliphatic heterocycles. The van der Waals surface area contributed by atoms with Gasteiger partial charge in [-0.2, -0.15) is 0 Å². The minimum Gasteiger partial charge on any atom is -0.446 e. The van der Waals surface area contributed by atoms with Crippen molar-refractivity contribution >= 4 is 11.8 Å². The minimum absolute atomic E-state index is 0.109. The zero-order valence-corrected chi connectivity index (χ0v) is 11.9. The molecule has 3 rings (SSSR count). The summed E-state index contributed by atoms with van der Waals surface area (Å²) in [5.74, 6) is 1.67. The molecule has 2 aliphatic rings. The normalized spacial score (nSPS) is 29.3. The molecule has 1 N–H and O–H groups in total. The van der Waals surface area contributed by atoms with Crippen molar-refractivity contribution in [1.82, 2.24) is 0 Å². The summed E-state index contributed by atoms with van der Waals surface area (Å²) in [6.45, 7) is 0. The van der Waals surface area contributed by atoms with Crippen molar-refractivity contribution in [2.45, 2.75) is 51.0 Å². The van der Waals surface area contributed by atoms with Crippen LogP contribution in [0.5, 0.6) is 0 Å². The van der Waals surface area contributed by atoms with Gasteiger partial charge in [-0.25, -0.2) is 4.79 Å². The maximum atomic E-state index is 11.9. The molecule has 2 aliphatic carbocycles. The Hall–Kier alpha value is -1.51. The molecular weight excluding hydrogens is 250 g/mol. The molecule has 1 amide bonds. The predicted molar refractivity (Wildman–Crippen MR) is 79.6 cm³/mol. The number of amides is 1. The Kier molecular flexibility index (Phi) is 4.24. The van der Waals surface area contributed by atoms with E-state index in [9.17, 15) is 4.79 Å². The van der Waals surface area contributed by atoms with E-state index in [4.69, 9.17) is 4.74 Å². The number of fused-ring (bicyclic) bond motifs is 1. The number of nitrogens with one attached hydrogen (secondary N) is 1. The SMILES string of the molecule is O=C(Nc1ccccc1)O[C@@H]1CC[C@H]2CCCC[C@@H]2C1. The van der Waals surface area contributed by atoms with Gasteiger partial charge in [-0.05, 0) is 43.2 Å². The minimum atomic E-state index is -0.310. The van der Waals surface area contributed by atoms with E-state index in [0.29, 0.717) is 0 Å². The standard InChI is InChI=1S/C17H23NO2/c19-17(18-15-8-2-1-3-9-15)20-16-11-10-13-6-4-5-7-14(13)12-16/h1-3,8-9,13-14,16H,4-7,10-12H2,(H,18,19)/t13-,14-,16-/m1/s1. The summed E-state index contributed by atoms with van der Waals surface area (Å²) in [5.41, 5.74) is 0.795. The lowest BCUT2D eigenvalue weighted by Crippen LogP contribution is -2.33. The number of hydrogen-bond donors (Lipinski definition) is 1. The maximum Gasteiger partial charge on any atom is 0.411 e. The monoisotopic (exact) mass is 273 g/mol. The van der Waals surface area contributed by atoms with Crippen LogP contribution in [0.3, 0.4) is 0 Å². The molecule has 1 aromatic rings. The summed E-state index contributed by atoms with van der Waals surface area (Å²) in [5, 5.41) is 2.80. The van der Waals surface area contributed by atoms with Crippen LogP contribution in [0.15, 0.2) is 30.3 Å². The molecule has 1 aromatic carbocycles. The molecule has 0 spiro atoms. The Bertz CT molecular complexity index is 446. The third-order valence-corrected chi connectivity index (χ3v) is 4.79. The Labute approximate surface area is 120 Å². The molecule has 0 radical (unpaired) electrons. The first-order valence-electron chi connectivity index (χ1n) is 7.84. The molecule has 20 heavy (non-hydrogen) atoms. The molecule has 2 fully saturated rings. The van der Waals surface area contributed by atoms with E-state index in [2.05, 4.69) is 5.32 Å². The number of para-hydroxylation sites is 1. The Balaban J connectivity index is 1.49. The first-order valence-corrected chi connectivity index (χ1v) is 7.84. The molecule has 0 saturated heterocycles. The fourth-order valence-corrected chi connectivity index (χ4v) is 3.76. The van der Waals surface area contributed by atoms with Gasteiger partial charge in [0.25, 0.3) is 0 Å². The largest absolute Gasteiger partial charge is 0.446 e. The smallest absolute Gasteiger partial charge is 0.411 e. The summed E-state index contributed by atoms with van der Waals surface area (Å²) in [7, 11) is 0. The van der Waals surface area contributed by atoms with Crippen molar-refractivity contribution < 1.29 is 9.53 Å². The van der Waals surface area contributed by atoms with E-state index >= 15 is 0 Å². The van der Waals surface area contributed by atoms with Gasteiger partial charge in [0.15, 0.2) is 0 Å². The lowest BCUT2D eigenvalue weighted by atomic mass is 9.70. The fraction of sp³-hybridized carbons (Fsp3) is 0.588. The van der Waals surface area contributed by atoms with Gasteiger partial charge >= 0.3 is 6.09 Å². The van der Waals surface area contributed by atoms with E-state index in [1.165, 1.54) is 32.1 Å². The van der Waals surface area contributed by atoms with Gasteiger partial charge in [-0.15, -0.1) is 0 Å². The number of anilines is 1. The number of benzene rings is 1. The predicted octanol–water partition coefficient (Wildman–Crippen LogP) is 4.59. The Morgan fingerprint density at radius 3 is 2.55 bits per heavy atom. The Morgan fingerprint density at radius 1 is 1.00 bits per heavy atom. The van der Waals surface area contributed by atoms with E-state index in [-0.39, 0.29) is 12.2 Å².